The van der Waals surface area contributed by atoms with E-state index in [0.717, 1.165) is 48.9 Å². The maximum Gasteiger partial charge on any atom is 0.251 e. The van der Waals surface area contributed by atoms with E-state index in [2.05, 4.69) is 21.3 Å². The Morgan fingerprint density at radius 1 is 1.14 bits per heavy atom. The van der Waals surface area contributed by atoms with E-state index in [1.807, 2.05) is 19.1 Å². The summed E-state index contributed by atoms with van der Waals surface area (Å²) >= 11 is 0. The Kier molecular flexibility index (Phi) is 6.82. The van der Waals surface area contributed by atoms with E-state index >= 15 is 0 Å². The fourth-order valence-corrected chi connectivity index (χ4v) is 5.54. The summed E-state index contributed by atoms with van der Waals surface area (Å²) in [4.78, 5) is 24.8. The Balaban J connectivity index is 1.26. The van der Waals surface area contributed by atoms with E-state index in [-0.39, 0.29) is 5.91 Å². The van der Waals surface area contributed by atoms with Crippen LogP contribution in [0.2, 0.25) is 0 Å². The SMILES string of the molecule is COc1cc(C(=O)NC[C@H]2C[C@@H]3CCN2C[C@H]3c2cc(-c3ccco3)nc(C)n2)cc(OC)c1OC. The Bertz CT molecular complexity index is 1200. The minimum absolute atomic E-state index is 0.164. The number of furan rings is 1. The molecule has 1 unspecified atom stereocenters. The highest BCUT2D eigenvalue weighted by atomic mass is 16.5. The minimum Gasteiger partial charge on any atom is -0.493 e. The number of ether oxygens (including phenoxy) is 3. The molecule has 4 atom stereocenters. The Hall–Kier alpha value is -3.59. The lowest BCUT2D eigenvalue weighted by atomic mass is 9.74. The molecule has 36 heavy (non-hydrogen) atoms. The van der Waals surface area contributed by atoms with Gasteiger partial charge in [0.1, 0.15) is 11.5 Å². The van der Waals surface area contributed by atoms with Crippen molar-refractivity contribution >= 4 is 5.91 Å². The van der Waals surface area contributed by atoms with Gasteiger partial charge in [0.05, 0.1) is 27.6 Å². The third-order valence-corrected chi connectivity index (χ3v) is 7.32. The highest BCUT2D eigenvalue weighted by molar-refractivity contribution is 5.95. The van der Waals surface area contributed by atoms with E-state index < -0.39 is 0 Å². The lowest BCUT2D eigenvalue weighted by Gasteiger charge is -2.49. The van der Waals surface area contributed by atoms with Gasteiger partial charge in [-0.2, -0.15) is 0 Å². The molecular weight excluding hydrogens is 460 g/mol. The zero-order valence-corrected chi connectivity index (χ0v) is 21.1. The Morgan fingerprint density at radius 3 is 2.53 bits per heavy atom. The zero-order valence-electron chi connectivity index (χ0n) is 21.1. The molecular formula is C27H32N4O5. The van der Waals surface area contributed by atoms with Gasteiger partial charge in [-0.1, -0.05) is 0 Å². The van der Waals surface area contributed by atoms with E-state index in [0.29, 0.717) is 47.2 Å². The van der Waals surface area contributed by atoms with Crippen LogP contribution in [0.3, 0.4) is 0 Å². The number of hydrogen-bond acceptors (Lipinski definition) is 8. The molecule has 3 aliphatic heterocycles. The van der Waals surface area contributed by atoms with Gasteiger partial charge in [0.2, 0.25) is 5.75 Å². The van der Waals surface area contributed by atoms with Crippen LogP contribution in [-0.2, 0) is 0 Å². The molecule has 3 aromatic rings. The lowest BCUT2D eigenvalue weighted by molar-refractivity contribution is 0.0290. The molecule has 1 aromatic carbocycles. The quantitative estimate of drug-likeness (QED) is 0.509. The first-order valence-corrected chi connectivity index (χ1v) is 12.2. The molecule has 3 fully saturated rings. The van der Waals surface area contributed by atoms with Crippen LogP contribution >= 0.6 is 0 Å². The summed E-state index contributed by atoms with van der Waals surface area (Å²) in [5.74, 6) is 3.59. The van der Waals surface area contributed by atoms with Gasteiger partial charge in [0.15, 0.2) is 17.3 Å². The number of piperidine rings is 3. The molecule has 2 bridgehead atoms. The van der Waals surface area contributed by atoms with Crippen LogP contribution in [0.15, 0.2) is 41.0 Å². The first-order valence-electron chi connectivity index (χ1n) is 12.2. The average Bonchev–Trinajstić information content (AvgIpc) is 3.46. The second-order valence-electron chi connectivity index (χ2n) is 9.37. The number of carbonyl (C=O) groups excluding carboxylic acids is 1. The summed E-state index contributed by atoms with van der Waals surface area (Å²) in [6.45, 7) is 4.46. The number of nitrogens with zero attached hydrogens (tertiary/aromatic N) is 3. The minimum atomic E-state index is -0.164. The fraction of sp³-hybridized carbons (Fsp3) is 0.444. The smallest absolute Gasteiger partial charge is 0.251 e. The molecule has 0 radical (unpaired) electrons. The number of benzene rings is 1. The normalized spacial score (nSPS) is 22.8. The highest BCUT2D eigenvalue weighted by Gasteiger charge is 2.41. The van der Waals surface area contributed by atoms with Crippen LogP contribution in [0.5, 0.6) is 17.2 Å². The van der Waals surface area contributed by atoms with Gasteiger partial charge in [0, 0.05) is 36.3 Å². The molecule has 3 saturated heterocycles. The monoisotopic (exact) mass is 492 g/mol. The van der Waals surface area contributed by atoms with Crippen LogP contribution in [0.25, 0.3) is 11.5 Å². The lowest BCUT2D eigenvalue weighted by Crippen LogP contribution is -2.56. The van der Waals surface area contributed by atoms with Crippen molar-refractivity contribution < 1.29 is 23.4 Å². The summed E-state index contributed by atoms with van der Waals surface area (Å²) < 4.78 is 21.7. The molecule has 1 amide bonds. The molecule has 1 N–H and O–H groups in total. The van der Waals surface area contributed by atoms with Crippen LogP contribution in [0.4, 0.5) is 0 Å². The molecule has 0 spiro atoms. The van der Waals surface area contributed by atoms with Crippen LogP contribution in [0, 0.1) is 12.8 Å². The van der Waals surface area contributed by atoms with Gasteiger partial charge < -0.3 is 23.9 Å². The van der Waals surface area contributed by atoms with Gasteiger partial charge in [0.25, 0.3) is 5.91 Å². The molecule has 0 saturated carbocycles. The van der Waals surface area contributed by atoms with E-state index in [9.17, 15) is 4.79 Å². The summed E-state index contributed by atoms with van der Waals surface area (Å²) in [6, 6.07) is 9.51. The van der Waals surface area contributed by atoms with Crippen molar-refractivity contribution in [3.05, 3.63) is 53.7 Å². The van der Waals surface area contributed by atoms with Gasteiger partial charge >= 0.3 is 0 Å². The van der Waals surface area contributed by atoms with Gasteiger partial charge in [-0.15, -0.1) is 0 Å². The molecule has 3 aliphatic rings. The van der Waals surface area contributed by atoms with Crippen LogP contribution in [-0.4, -0.2) is 67.8 Å². The number of nitrogens with one attached hydrogen (secondary N) is 1. The molecule has 9 heteroatoms. The number of carbonyl (C=O) groups is 1. The number of aromatic nitrogens is 2. The van der Waals surface area contributed by atoms with Crippen molar-refractivity contribution in [2.24, 2.45) is 5.92 Å². The molecule has 2 aromatic heterocycles. The largest absolute Gasteiger partial charge is 0.493 e. The first-order chi connectivity index (χ1) is 17.5. The molecule has 190 valence electrons. The third kappa shape index (κ3) is 4.63. The number of fused-ring (bicyclic) bond motifs is 3. The van der Waals surface area contributed by atoms with Crippen molar-refractivity contribution in [2.75, 3.05) is 41.0 Å². The summed E-state index contributed by atoms with van der Waals surface area (Å²) in [6.07, 6.45) is 3.80. The van der Waals surface area contributed by atoms with Crippen molar-refractivity contribution in [2.45, 2.75) is 31.7 Å². The number of methoxy groups -OCH3 is 3. The molecule has 6 rings (SSSR count). The molecule has 9 nitrogen and oxygen atoms in total. The van der Waals surface area contributed by atoms with Crippen LogP contribution in [0.1, 0.15) is 40.6 Å². The van der Waals surface area contributed by atoms with Crippen molar-refractivity contribution in [1.82, 2.24) is 20.2 Å². The summed E-state index contributed by atoms with van der Waals surface area (Å²) in [5.41, 5.74) is 2.37. The maximum absolute atomic E-state index is 13.0. The molecule has 5 heterocycles. The second-order valence-corrected chi connectivity index (χ2v) is 9.37. The number of hydrogen-bond donors (Lipinski definition) is 1. The molecule has 0 aliphatic carbocycles. The van der Waals surface area contributed by atoms with Crippen LogP contribution < -0.4 is 19.5 Å². The van der Waals surface area contributed by atoms with E-state index in [1.54, 1.807) is 25.5 Å². The highest BCUT2D eigenvalue weighted by Crippen LogP contribution is 2.42. The van der Waals surface area contributed by atoms with Crippen molar-refractivity contribution in [3.8, 4) is 28.7 Å². The third-order valence-electron chi connectivity index (χ3n) is 7.32. The topological polar surface area (TPSA) is 99.0 Å². The van der Waals surface area contributed by atoms with Crippen molar-refractivity contribution in [1.29, 1.82) is 0 Å². The van der Waals surface area contributed by atoms with E-state index in [1.165, 1.54) is 14.2 Å². The number of amides is 1. The Labute approximate surface area is 210 Å². The summed E-state index contributed by atoms with van der Waals surface area (Å²) in [7, 11) is 4.62. The maximum atomic E-state index is 13.0. The zero-order chi connectivity index (χ0) is 25.2. The average molecular weight is 493 g/mol. The standard InChI is InChI=1S/C27H32N4O5/c1-16-29-21(13-22(30-16)23-6-5-9-36-23)20-15-31-8-7-17(20)10-19(31)14-28-27(32)18-11-24(33-2)26(35-4)25(12-18)34-3/h5-6,9,11-13,17,19-20H,7-8,10,14-15H2,1-4H3,(H,28,32)/t17-,19+,20+/m0/s1. The second kappa shape index (κ2) is 10.2. The fourth-order valence-electron chi connectivity index (χ4n) is 5.54. The predicted octanol–water partition coefficient (Wildman–Crippen LogP) is 3.68. The number of rotatable bonds is 8. The van der Waals surface area contributed by atoms with Crippen molar-refractivity contribution in [3.63, 3.8) is 0 Å². The van der Waals surface area contributed by atoms with Gasteiger partial charge in [-0.05, 0) is 62.6 Å². The first kappa shape index (κ1) is 24.1. The Morgan fingerprint density at radius 2 is 1.92 bits per heavy atom. The van der Waals surface area contributed by atoms with Gasteiger partial charge in [-0.25, -0.2) is 9.97 Å². The van der Waals surface area contributed by atoms with Gasteiger partial charge in [-0.3, -0.25) is 9.69 Å². The number of aryl methyl sites for hydroxylation is 1. The van der Waals surface area contributed by atoms with E-state index in [4.69, 9.17) is 23.6 Å². The predicted molar refractivity (Wildman–Crippen MR) is 134 cm³/mol. The summed E-state index contributed by atoms with van der Waals surface area (Å²) in [5, 5.41) is 3.11.